The number of anilines is 1. The van der Waals surface area contributed by atoms with Crippen molar-refractivity contribution in [2.45, 2.75) is 33.1 Å². The highest BCUT2D eigenvalue weighted by Crippen LogP contribution is 2.38. The Bertz CT molecular complexity index is 987. The van der Waals surface area contributed by atoms with Crippen LogP contribution >= 0.6 is 0 Å². The molecule has 2 amide bonds. The predicted octanol–water partition coefficient (Wildman–Crippen LogP) is 3.35. The third-order valence-corrected chi connectivity index (χ3v) is 6.18. The number of pyridine rings is 1. The molecule has 150 valence electrons. The first-order valence-corrected chi connectivity index (χ1v) is 10.9. The van der Waals surface area contributed by atoms with Crippen LogP contribution in [0.1, 0.15) is 31.4 Å². The van der Waals surface area contributed by atoms with E-state index in [4.69, 9.17) is 4.74 Å². The van der Waals surface area contributed by atoms with Gasteiger partial charge in [-0.25, -0.2) is 22.9 Å². The average Bonchev–Trinajstić information content (AvgIpc) is 3.09. The highest BCUT2D eigenvalue weighted by Gasteiger charge is 2.22. The molecule has 0 saturated heterocycles. The highest BCUT2D eigenvalue weighted by molar-refractivity contribution is 7.90. The van der Waals surface area contributed by atoms with E-state index in [1.54, 1.807) is 33.2 Å². The molecule has 1 aromatic heterocycles. The van der Waals surface area contributed by atoms with Crippen LogP contribution in [-0.4, -0.2) is 32.3 Å². The Morgan fingerprint density at radius 2 is 2.04 bits per heavy atom. The maximum absolute atomic E-state index is 12.5. The third kappa shape index (κ3) is 4.62. The summed E-state index contributed by atoms with van der Waals surface area (Å²) in [6, 6.07) is 6.87. The molecule has 2 N–H and O–H groups in total. The normalized spacial score (nSPS) is 13.3. The van der Waals surface area contributed by atoms with E-state index in [-0.39, 0.29) is 11.7 Å². The van der Waals surface area contributed by atoms with Crippen molar-refractivity contribution < 1.29 is 17.9 Å². The highest BCUT2D eigenvalue weighted by atomic mass is 32.2. The number of rotatable bonds is 6. The summed E-state index contributed by atoms with van der Waals surface area (Å²) < 4.78 is 31.6. The standard InChI is InChI=1S/C20H25N3O4S/c1-13(2)12-28(25,26)23-20(24)22-19-16-6-4-5-14(16)7-8-17(19)15-9-10-21-18(11-15)27-3/h7-11,13H,4-6,12H2,1-3H3,(H2,22,23,24). The summed E-state index contributed by atoms with van der Waals surface area (Å²) in [6.07, 6.45) is 4.41. The van der Waals surface area contributed by atoms with Crippen LogP contribution in [0.25, 0.3) is 11.1 Å². The molecule has 8 heteroatoms. The number of carbonyl (C=O) groups is 1. The van der Waals surface area contributed by atoms with Gasteiger partial charge in [0, 0.05) is 17.8 Å². The van der Waals surface area contributed by atoms with E-state index in [1.165, 1.54) is 5.56 Å². The van der Waals surface area contributed by atoms with Crippen LogP contribution in [0, 0.1) is 5.92 Å². The van der Waals surface area contributed by atoms with Gasteiger partial charge in [0.05, 0.1) is 18.6 Å². The lowest BCUT2D eigenvalue weighted by molar-refractivity contribution is 0.256. The van der Waals surface area contributed by atoms with E-state index in [1.807, 2.05) is 12.1 Å². The number of nitrogens with zero attached hydrogens (tertiary/aromatic N) is 1. The van der Waals surface area contributed by atoms with Crippen molar-refractivity contribution in [2.24, 2.45) is 5.92 Å². The molecule has 0 bridgehead atoms. The smallest absolute Gasteiger partial charge is 0.332 e. The van der Waals surface area contributed by atoms with Crippen LogP contribution in [-0.2, 0) is 22.9 Å². The lowest BCUT2D eigenvalue weighted by atomic mass is 9.98. The Labute approximate surface area is 165 Å². The zero-order chi connectivity index (χ0) is 20.3. The predicted molar refractivity (Wildman–Crippen MR) is 109 cm³/mol. The Kier molecular flexibility index (Phi) is 5.88. The molecule has 1 aliphatic rings. The minimum atomic E-state index is -3.69. The molecule has 7 nitrogen and oxygen atoms in total. The summed E-state index contributed by atoms with van der Waals surface area (Å²) in [5.41, 5.74) is 4.50. The number of amides is 2. The fourth-order valence-corrected chi connectivity index (χ4v) is 4.79. The zero-order valence-corrected chi connectivity index (χ0v) is 17.1. The van der Waals surface area contributed by atoms with Gasteiger partial charge in [0.2, 0.25) is 15.9 Å². The number of carbonyl (C=O) groups excluding carboxylic acids is 1. The first kappa shape index (κ1) is 20.1. The summed E-state index contributed by atoms with van der Waals surface area (Å²) in [5, 5.41) is 2.79. The molecule has 0 aliphatic heterocycles. The van der Waals surface area contributed by atoms with Gasteiger partial charge in [-0.05, 0) is 47.9 Å². The minimum absolute atomic E-state index is 0.0777. The molecule has 1 heterocycles. The molecular formula is C20H25N3O4S. The van der Waals surface area contributed by atoms with Gasteiger partial charge >= 0.3 is 6.03 Å². The van der Waals surface area contributed by atoms with Crippen molar-refractivity contribution in [3.05, 3.63) is 41.6 Å². The molecule has 0 unspecified atom stereocenters. The number of methoxy groups -OCH3 is 1. The molecule has 0 spiro atoms. The third-order valence-electron chi connectivity index (χ3n) is 4.58. The maximum atomic E-state index is 12.5. The number of fused-ring (bicyclic) bond motifs is 1. The van der Waals surface area contributed by atoms with Crippen LogP contribution < -0.4 is 14.8 Å². The number of aryl methyl sites for hydroxylation is 1. The summed E-state index contributed by atoms with van der Waals surface area (Å²) in [7, 11) is -2.15. The molecule has 3 rings (SSSR count). The second-order valence-electron chi connectivity index (χ2n) is 7.30. The van der Waals surface area contributed by atoms with Gasteiger partial charge in [0.1, 0.15) is 0 Å². The van der Waals surface area contributed by atoms with Gasteiger partial charge < -0.3 is 10.1 Å². The molecule has 0 saturated carbocycles. The van der Waals surface area contributed by atoms with Crippen molar-refractivity contribution in [2.75, 3.05) is 18.2 Å². The summed E-state index contributed by atoms with van der Waals surface area (Å²) in [4.78, 5) is 16.6. The summed E-state index contributed by atoms with van der Waals surface area (Å²) >= 11 is 0. The van der Waals surface area contributed by atoms with E-state index in [0.29, 0.717) is 11.6 Å². The monoisotopic (exact) mass is 403 g/mol. The number of hydrogen-bond donors (Lipinski definition) is 2. The van der Waals surface area contributed by atoms with Crippen LogP contribution in [0.15, 0.2) is 30.5 Å². The number of hydrogen-bond acceptors (Lipinski definition) is 5. The number of sulfonamides is 1. The SMILES string of the molecule is COc1cc(-c2ccc3c(c2NC(=O)NS(=O)(=O)CC(C)C)CCC3)ccn1. The second kappa shape index (κ2) is 8.18. The second-order valence-corrected chi connectivity index (χ2v) is 9.06. The van der Waals surface area contributed by atoms with Crippen molar-refractivity contribution in [3.8, 4) is 17.0 Å². The van der Waals surface area contributed by atoms with E-state index in [2.05, 4.69) is 21.1 Å². The van der Waals surface area contributed by atoms with Crippen LogP contribution in [0.5, 0.6) is 5.88 Å². The van der Waals surface area contributed by atoms with E-state index >= 15 is 0 Å². The Balaban J connectivity index is 1.95. The molecule has 0 radical (unpaired) electrons. The Hall–Kier alpha value is -2.61. The lowest BCUT2D eigenvalue weighted by Crippen LogP contribution is -2.37. The quantitative estimate of drug-likeness (QED) is 0.771. The van der Waals surface area contributed by atoms with Crippen LogP contribution in [0.3, 0.4) is 0 Å². The van der Waals surface area contributed by atoms with Crippen LogP contribution in [0.2, 0.25) is 0 Å². The molecule has 2 aromatic rings. The molecule has 0 fully saturated rings. The fraction of sp³-hybridized carbons (Fsp3) is 0.400. The molecule has 1 aliphatic carbocycles. The Morgan fingerprint density at radius 1 is 1.25 bits per heavy atom. The number of nitrogens with one attached hydrogen (secondary N) is 2. The number of urea groups is 1. The van der Waals surface area contributed by atoms with E-state index < -0.39 is 16.1 Å². The van der Waals surface area contributed by atoms with Crippen molar-refractivity contribution in [3.63, 3.8) is 0 Å². The summed E-state index contributed by atoms with van der Waals surface area (Å²) in [5.74, 6) is 0.279. The maximum Gasteiger partial charge on any atom is 0.332 e. The molecule has 1 aromatic carbocycles. The Morgan fingerprint density at radius 3 is 2.75 bits per heavy atom. The lowest BCUT2D eigenvalue weighted by Gasteiger charge is -2.17. The summed E-state index contributed by atoms with van der Waals surface area (Å²) in [6.45, 7) is 3.58. The van der Waals surface area contributed by atoms with Crippen molar-refractivity contribution in [1.82, 2.24) is 9.71 Å². The minimum Gasteiger partial charge on any atom is -0.481 e. The first-order chi connectivity index (χ1) is 13.3. The van der Waals surface area contributed by atoms with Gasteiger partial charge in [-0.15, -0.1) is 0 Å². The van der Waals surface area contributed by atoms with Gasteiger partial charge in [-0.2, -0.15) is 0 Å². The van der Waals surface area contributed by atoms with Crippen molar-refractivity contribution in [1.29, 1.82) is 0 Å². The van der Waals surface area contributed by atoms with Crippen LogP contribution in [0.4, 0.5) is 10.5 Å². The first-order valence-electron chi connectivity index (χ1n) is 9.25. The van der Waals surface area contributed by atoms with Gasteiger partial charge in [-0.3, -0.25) is 0 Å². The van der Waals surface area contributed by atoms with E-state index in [0.717, 1.165) is 36.0 Å². The zero-order valence-electron chi connectivity index (χ0n) is 16.3. The number of aromatic nitrogens is 1. The van der Waals surface area contributed by atoms with Crippen molar-refractivity contribution >= 4 is 21.7 Å². The fourth-order valence-electron chi connectivity index (χ4n) is 3.50. The van der Waals surface area contributed by atoms with Gasteiger partial charge in [0.25, 0.3) is 0 Å². The van der Waals surface area contributed by atoms with E-state index in [9.17, 15) is 13.2 Å². The number of ether oxygens (including phenoxy) is 1. The number of benzene rings is 1. The van der Waals surface area contributed by atoms with Gasteiger partial charge in [0.15, 0.2) is 0 Å². The largest absolute Gasteiger partial charge is 0.481 e. The topological polar surface area (TPSA) is 97.4 Å². The average molecular weight is 404 g/mol. The van der Waals surface area contributed by atoms with Gasteiger partial charge in [-0.1, -0.05) is 26.0 Å². The molecule has 28 heavy (non-hydrogen) atoms. The molecule has 0 atom stereocenters. The molecular weight excluding hydrogens is 378 g/mol.